The third-order valence-corrected chi connectivity index (χ3v) is 6.29. The van der Waals surface area contributed by atoms with E-state index in [9.17, 15) is 14.7 Å². The van der Waals surface area contributed by atoms with Crippen molar-refractivity contribution in [2.24, 2.45) is 0 Å². The number of hydrogen-bond donors (Lipinski definition) is 1. The Kier molecular flexibility index (Phi) is 4.97. The number of nitrogens with zero attached hydrogens (tertiary/aromatic N) is 1. The first kappa shape index (κ1) is 20.3. The highest BCUT2D eigenvalue weighted by Crippen LogP contribution is 2.42. The van der Waals surface area contributed by atoms with Crippen LogP contribution < -0.4 is 4.74 Å². The molecule has 5 rings (SSSR count). The van der Waals surface area contributed by atoms with Crippen LogP contribution in [0, 0.1) is 0 Å². The highest BCUT2D eigenvalue weighted by Gasteiger charge is 2.46. The Hall–Kier alpha value is -3.60. The number of likely N-dealkylation sites (tertiary alicyclic amines) is 1. The van der Waals surface area contributed by atoms with E-state index < -0.39 is 17.7 Å². The maximum absolute atomic E-state index is 13.2. The number of amides is 1. The molecular formula is C27H25NO4. The zero-order valence-electron chi connectivity index (χ0n) is 18.2. The molecule has 2 aliphatic rings. The minimum atomic E-state index is -0.640. The van der Waals surface area contributed by atoms with Gasteiger partial charge < -0.3 is 14.7 Å². The molecule has 0 saturated carbocycles. The molecule has 0 bridgehead atoms. The molecule has 0 spiro atoms. The van der Waals surface area contributed by atoms with Crippen LogP contribution in [0.5, 0.6) is 5.75 Å². The minimum absolute atomic E-state index is 0.0770. The van der Waals surface area contributed by atoms with Gasteiger partial charge in [-0.1, -0.05) is 49.4 Å². The van der Waals surface area contributed by atoms with Crippen molar-refractivity contribution in [3.05, 3.63) is 82.9 Å². The topological polar surface area (TPSA) is 66.8 Å². The van der Waals surface area contributed by atoms with Crippen molar-refractivity contribution >= 4 is 28.2 Å². The second kappa shape index (κ2) is 7.83. The zero-order valence-corrected chi connectivity index (χ0v) is 18.2. The van der Waals surface area contributed by atoms with Gasteiger partial charge in [0.25, 0.3) is 11.7 Å². The molecule has 2 unspecified atom stereocenters. The van der Waals surface area contributed by atoms with Gasteiger partial charge in [-0.2, -0.15) is 0 Å². The van der Waals surface area contributed by atoms with Crippen molar-refractivity contribution in [2.75, 3.05) is 6.54 Å². The van der Waals surface area contributed by atoms with Crippen LogP contribution in [0.15, 0.2) is 66.2 Å². The van der Waals surface area contributed by atoms with Crippen LogP contribution in [0.25, 0.3) is 16.5 Å². The van der Waals surface area contributed by atoms with E-state index in [-0.39, 0.29) is 17.4 Å². The maximum atomic E-state index is 13.2. The molecule has 5 heteroatoms. The van der Waals surface area contributed by atoms with Crippen molar-refractivity contribution in [3.63, 3.8) is 0 Å². The van der Waals surface area contributed by atoms with Crippen LogP contribution >= 0.6 is 0 Å². The number of carbonyl (C=O) groups is 2. The van der Waals surface area contributed by atoms with Gasteiger partial charge in [-0.3, -0.25) is 9.59 Å². The van der Waals surface area contributed by atoms with Crippen LogP contribution in [0.4, 0.5) is 0 Å². The Morgan fingerprint density at radius 3 is 2.69 bits per heavy atom. The highest BCUT2D eigenvalue weighted by molar-refractivity contribution is 6.46. The Morgan fingerprint density at radius 2 is 1.88 bits per heavy atom. The molecule has 1 fully saturated rings. The van der Waals surface area contributed by atoms with Crippen molar-refractivity contribution in [2.45, 2.75) is 38.8 Å². The molecule has 1 amide bonds. The smallest absolute Gasteiger partial charge is 0.295 e. The molecule has 3 aromatic rings. The lowest BCUT2D eigenvalue weighted by Crippen LogP contribution is -2.30. The van der Waals surface area contributed by atoms with Crippen LogP contribution in [-0.4, -0.2) is 34.3 Å². The lowest BCUT2D eigenvalue weighted by Gasteiger charge is -2.26. The fourth-order valence-electron chi connectivity index (χ4n) is 4.89. The normalized spacial score (nSPS) is 21.8. The average molecular weight is 428 g/mol. The molecule has 2 aliphatic heterocycles. The van der Waals surface area contributed by atoms with Crippen LogP contribution in [0.3, 0.4) is 0 Å². The van der Waals surface area contributed by atoms with Gasteiger partial charge in [-0.15, -0.1) is 0 Å². The van der Waals surface area contributed by atoms with Crippen molar-refractivity contribution < 1.29 is 19.4 Å². The van der Waals surface area contributed by atoms with Crippen molar-refractivity contribution in [1.29, 1.82) is 0 Å². The zero-order chi connectivity index (χ0) is 22.4. The number of carbonyl (C=O) groups excluding carboxylic acids is 2. The van der Waals surface area contributed by atoms with Gasteiger partial charge in [0, 0.05) is 18.5 Å². The summed E-state index contributed by atoms with van der Waals surface area (Å²) in [5.74, 6) is -0.545. The summed E-state index contributed by atoms with van der Waals surface area (Å²) in [4.78, 5) is 27.8. The predicted molar refractivity (Wildman–Crippen MR) is 123 cm³/mol. The standard InChI is InChI=1S/C27H25NO4/c1-3-13-28-24(21-10-6-8-17-7-4-5-9-20(17)21)23(26(30)27(28)31)25(29)18-11-12-22-19(15-18)14-16(2)32-22/h4-12,15-16,24,29H,3,13-14H2,1-2H3/b25-23-. The third-order valence-electron chi connectivity index (χ3n) is 6.29. The minimum Gasteiger partial charge on any atom is -0.507 e. The van der Waals surface area contributed by atoms with E-state index in [4.69, 9.17) is 4.74 Å². The van der Waals surface area contributed by atoms with E-state index in [1.165, 1.54) is 0 Å². The summed E-state index contributed by atoms with van der Waals surface area (Å²) < 4.78 is 5.77. The first-order chi connectivity index (χ1) is 15.5. The Morgan fingerprint density at radius 1 is 1.09 bits per heavy atom. The molecule has 3 aromatic carbocycles. The third kappa shape index (κ3) is 3.16. The van der Waals surface area contributed by atoms with Crippen LogP contribution in [-0.2, 0) is 16.0 Å². The number of aliphatic hydroxyl groups is 1. The first-order valence-corrected chi connectivity index (χ1v) is 11.1. The number of benzene rings is 3. The van der Waals surface area contributed by atoms with Gasteiger partial charge >= 0.3 is 0 Å². The number of fused-ring (bicyclic) bond motifs is 2. The van der Waals surface area contributed by atoms with Crippen molar-refractivity contribution in [3.8, 4) is 5.75 Å². The molecule has 0 aromatic heterocycles. The fourth-order valence-corrected chi connectivity index (χ4v) is 4.89. The van der Waals surface area contributed by atoms with Gasteiger partial charge in [0.05, 0.1) is 11.6 Å². The predicted octanol–water partition coefficient (Wildman–Crippen LogP) is 4.99. The van der Waals surface area contributed by atoms with Gasteiger partial charge in [0.15, 0.2) is 0 Å². The molecule has 2 heterocycles. The molecule has 2 atom stereocenters. The number of ether oxygens (including phenoxy) is 1. The van der Waals surface area contributed by atoms with Gasteiger partial charge in [0.1, 0.15) is 17.6 Å². The monoisotopic (exact) mass is 427 g/mol. The molecule has 0 aliphatic carbocycles. The first-order valence-electron chi connectivity index (χ1n) is 11.1. The average Bonchev–Trinajstić information content (AvgIpc) is 3.29. The summed E-state index contributed by atoms with van der Waals surface area (Å²) in [6.45, 7) is 4.41. The summed E-state index contributed by atoms with van der Waals surface area (Å²) >= 11 is 0. The lowest BCUT2D eigenvalue weighted by molar-refractivity contribution is -0.139. The second-order valence-corrected chi connectivity index (χ2v) is 8.52. The molecule has 162 valence electrons. The molecule has 0 radical (unpaired) electrons. The van der Waals surface area contributed by atoms with E-state index in [0.717, 1.165) is 34.1 Å². The molecule has 1 N–H and O–H groups in total. The number of Topliss-reactive ketones (excluding diaryl/α,β-unsaturated/α-hetero) is 1. The van der Waals surface area contributed by atoms with Crippen LogP contribution in [0.2, 0.25) is 0 Å². The number of rotatable bonds is 4. The Labute approximate surface area is 186 Å². The van der Waals surface area contributed by atoms with Crippen LogP contribution in [0.1, 0.15) is 43.0 Å². The molecular weight excluding hydrogens is 402 g/mol. The highest BCUT2D eigenvalue weighted by atomic mass is 16.5. The van der Waals surface area contributed by atoms with Crippen molar-refractivity contribution in [1.82, 2.24) is 4.90 Å². The Bertz CT molecular complexity index is 1270. The van der Waals surface area contributed by atoms with E-state index in [0.29, 0.717) is 18.5 Å². The fraction of sp³-hybridized carbons (Fsp3) is 0.259. The van der Waals surface area contributed by atoms with Gasteiger partial charge in [0.2, 0.25) is 0 Å². The summed E-state index contributed by atoms with van der Waals surface area (Å²) in [6, 6.07) is 18.6. The van der Waals surface area contributed by atoms with E-state index in [1.54, 1.807) is 11.0 Å². The second-order valence-electron chi connectivity index (χ2n) is 8.52. The summed E-state index contributed by atoms with van der Waals surface area (Å²) in [6.07, 6.45) is 1.53. The largest absolute Gasteiger partial charge is 0.507 e. The summed E-state index contributed by atoms with van der Waals surface area (Å²) in [5, 5.41) is 13.3. The quantitative estimate of drug-likeness (QED) is 0.362. The lowest BCUT2D eigenvalue weighted by atomic mass is 9.91. The molecule has 32 heavy (non-hydrogen) atoms. The number of ketones is 1. The summed E-state index contributed by atoms with van der Waals surface area (Å²) in [7, 11) is 0. The van der Waals surface area contributed by atoms with E-state index in [2.05, 4.69) is 0 Å². The van der Waals surface area contributed by atoms with Gasteiger partial charge in [-0.25, -0.2) is 0 Å². The number of hydrogen-bond acceptors (Lipinski definition) is 4. The SMILES string of the molecule is CCCN1C(=O)C(=O)/C(=C(\O)c2ccc3c(c2)CC(C)O3)C1c1cccc2ccccc12. The summed E-state index contributed by atoms with van der Waals surface area (Å²) in [5.41, 5.74) is 2.51. The van der Waals surface area contributed by atoms with Gasteiger partial charge in [-0.05, 0) is 53.4 Å². The maximum Gasteiger partial charge on any atom is 0.295 e. The van der Waals surface area contributed by atoms with E-state index in [1.807, 2.05) is 68.4 Å². The van der Waals surface area contributed by atoms with E-state index >= 15 is 0 Å². The molecule has 5 nitrogen and oxygen atoms in total. The molecule has 1 saturated heterocycles. The number of aliphatic hydroxyl groups excluding tert-OH is 1. The Balaban J connectivity index is 1.71.